The first-order valence-electron chi connectivity index (χ1n) is 12.3. The van der Waals surface area contributed by atoms with Gasteiger partial charge in [0.25, 0.3) is 0 Å². The maximum Gasteiger partial charge on any atom is 0.416 e. The summed E-state index contributed by atoms with van der Waals surface area (Å²) in [6.45, 7) is 5.88. The van der Waals surface area contributed by atoms with E-state index in [4.69, 9.17) is 0 Å². The van der Waals surface area contributed by atoms with Crippen LogP contribution in [-0.2, 0) is 17.5 Å². The zero-order chi connectivity index (χ0) is 25.5. The molecule has 2 aromatic carbocycles. The minimum Gasteiger partial charge on any atom is -0.355 e. The molecule has 1 aliphatic rings. The van der Waals surface area contributed by atoms with E-state index >= 15 is 0 Å². The van der Waals surface area contributed by atoms with Gasteiger partial charge in [-0.2, -0.15) is 13.2 Å². The summed E-state index contributed by atoms with van der Waals surface area (Å²) in [5.41, 5.74) is 1.91. The van der Waals surface area contributed by atoms with E-state index in [9.17, 15) is 18.0 Å². The number of nitrogens with one attached hydrogen (secondary N) is 1. The molecule has 1 atom stereocenters. The molecule has 0 radical (unpaired) electrons. The third kappa shape index (κ3) is 6.63. The summed E-state index contributed by atoms with van der Waals surface area (Å²) in [6, 6.07) is 19.0. The van der Waals surface area contributed by atoms with E-state index in [2.05, 4.69) is 20.1 Å². The van der Waals surface area contributed by atoms with Gasteiger partial charge >= 0.3 is 6.18 Å². The van der Waals surface area contributed by atoms with Crippen molar-refractivity contribution in [2.45, 2.75) is 38.4 Å². The molecule has 0 saturated carbocycles. The summed E-state index contributed by atoms with van der Waals surface area (Å²) in [6.07, 6.45) is -0.990. The van der Waals surface area contributed by atoms with Crippen LogP contribution in [0.25, 0.3) is 0 Å². The average Bonchev–Trinajstić information content (AvgIpc) is 3.11. The first-order valence-corrected chi connectivity index (χ1v) is 12.3. The summed E-state index contributed by atoms with van der Waals surface area (Å²) in [5, 5.41) is 2.98. The topological polar surface area (TPSA) is 48.5 Å². The third-order valence-corrected chi connectivity index (χ3v) is 6.54. The summed E-state index contributed by atoms with van der Waals surface area (Å²) < 4.78 is 38.4. The lowest BCUT2D eigenvalue weighted by molar-refractivity contribution is -0.137. The van der Waals surface area contributed by atoms with Crippen LogP contribution in [0.3, 0.4) is 0 Å². The van der Waals surface area contributed by atoms with Gasteiger partial charge in [0.05, 0.1) is 23.4 Å². The van der Waals surface area contributed by atoms with Crippen molar-refractivity contribution in [3.8, 4) is 0 Å². The number of rotatable bonds is 7. The number of aromatic nitrogens is 1. The number of carbonyl (C=O) groups is 1. The van der Waals surface area contributed by atoms with E-state index in [0.717, 1.165) is 61.7 Å². The first-order chi connectivity index (χ1) is 17.3. The van der Waals surface area contributed by atoms with Crippen LogP contribution in [0.5, 0.6) is 0 Å². The molecule has 1 saturated heterocycles. The van der Waals surface area contributed by atoms with Crippen molar-refractivity contribution in [1.82, 2.24) is 9.88 Å². The second kappa shape index (κ2) is 11.6. The number of pyridine rings is 1. The predicted molar refractivity (Wildman–Crippen MR) is 136 cm³/mol. The quantitative estimate of drug-likeness (QED) is 0.440. The Morgan fingerprint density at radius 1 is 0.972 bits per heavy atom. The monoisotopic (exact) mass is 496 g/mol. The minimum atomic E-state index is -4.31. The van der Waals surface area contributed by atoms with Crippen LogP contribution < -0.4 is 10.2 Å². The Morgan fingerprint density at radius 3 is 2.36 bits per heavy atom. The number of halogens is 3. The maximum absolute atomic E-state index is 12.8. The fraction of sp³-hybridized carbons (Fsp3) is 0.357. The SMILES string of the molecule is CC[C@@H](C(=O)Nc1ccc(N2CCCN(Cc3ccc(C(F)(F)F)cc3)CC2)nc1)c1ccccc1. The van der Waals surface area contributed by atoms with Gasteiger partial charge in [-0.25, -0.2) is 4.98 Å². The van der Waals surface area contributed by atoms with Gasteiger partial charge in [0.2, 0.25) is 5.91 Å². The number of benzene rings is 2. The van der Waals surface area contributed by atoms with E-state index in [1.165, 1.54) is 0 Å². The van der Waals surface area contributed by atoms with Gasteiger partial charge in [0.1, 0.15) is 5.82 Å². The minimum absolute atomic E-state index is 0.0491. The largest absolute Gasteiger partial charge is 0.416 e. The van der Waals surface area contributed by atoms with Crippen molar-refractivity contribution >= 4 is 17.4 Å². The number of carbonyl (C=O) groups excluding carboxylic acids is 1. The Bertz CT molecular complexity index is 1120. The zero-order valence-corrected chi connectivity index (χ0v) is 20.3. The Morgan fingerprint density at radius 2 is 1.72 bits per heavy atom. The highest BCUT2D eigenvalue weighted by Crippen LogP contribution is 2.29. The Hall–Kier alpha value is -3.39. The molecule has 1 N–H and O–H groups in total. The lowest BCUT2D eigenvalue weighted by Crippen LogP contribution is -2.31. The molecule has 1 aliphatic heterocycles. The Labute approximate surface area is 210 Å². The summed E-state index contributed by atoms with van der Waals surface area (Å²) >= 11 is 0. The molecule has 5 nitrogen and oxygen atoms in total. The molecule has 190 valence electrons. The molecule has 1 amide bonds. The van der Waals surface area contributed by atoms with E-state index in [0.29, 0.717) is 18.7 Å². The van der Waals surface area contributed by atoms with Gasteiger partial charge in [-0.05, 0) is 48.2 Å². The number of nitrogens with zero attached hydrogens (tertiary/aromatic N) is 3. The molecule has 0 unspecified atom stereocenters. The van der Waals surface area contributed by atoms with Gasteiger partial charge in [-0.1, -0.05) is 49.4 Å². The summed E-state index contributed by atoms with van der Waals surface area (Å²) in [5.74, 6) is 0.582. The van der Waals surface area contributed by atoms with E-state index < -0.39 is 11.7 Å². The van der Waals surface area contributed by atoms with Crippen molar-refractivity contribution in [1.29, 1.82) is 0 Å². The van der Waals surface area contributed by atoms with Crippen LogP contribution in [-0.4, -0.2) is 42.0 Å². The van der Waals surface area contributed by atoms with E-state index in [-0.39, 0.29) is 11.8 Å². The Balaban J connectivity index is 1.31. The molecule has 36 heavy (non-hydrogen) atoms. The van der Waals surface area contributed by atoms with Gasteiger partial charge in [0, 0.05) is 32.7 Å². The van der Waals surface area contributed by atoms with Crippen LogP contribution in [0.1, 0.15) is 42.4 Å². The van der Waals surface area contributed by atoms with Crippen LogP contribution in [0.2, 0.25) is 0 Å². The number of amides is 1. The normalized spacial score (nSPS) is 15.8. The van der Waals surface area contributed by atoms with Crippen molar-refractivity contribution in [2.24, 2.45) is 0 Å². The molecular formula is C28H31F3N4O. The van der Waals surface area contributed by atoms with Crippen LogP contribution in [0, 0.1) is 0 Å². The molecule has 0 bridgehead atoms. The second-order valence-corrected chi connectivity index (χ2v) is 9.08. The number of hydrogen-bond acceptors (Lipinski definition) is 4. The predicted octanol–water partition coefficient (Wildman–Crippen LogP) is 5.95. The van der Waals surface area contributed by atoms with Crippen molar-refractivity contribution < 1.29 is 18.0 Å². The third-order valence-electron chi connectivity index (χ3n) is 6.54. The van der Waals surface area contributed by atoms with Crippen molar-refractivity contribution in [3.63, 3.8) is 0 Å². The molecule has 0 spiro atoms. The molecular weight excluding hydrogens is 465 g/mol. The second-order valence-electron chi connectivity index (χ2n) is 9.08. The number of alkyl halides is 3. The van der Waals surface area contributed by atoms with Crippen LogP contribution in [0.15, 0.2) is 72.9 Å². The summed E-state index contributed by atoms with van der Waals surface area (Å²) in [4.78, 5) is 21.9. The average molecular weight is 497 g/mol. The first kappa shape index (κ1) is 25.7. The highest BCUT2D eigenvalue weighted by atomic mass is 19.4. The molecule has 1 fully saturated rings. The lowest BCUT2D eigenvalue weighted by Gasteiger charge is -2.23. The van der Waals surface area contributed by atoms with Gasteiger partial charge in [-0.15, -0.1) is 0 Å². The highest BCUT2D eigenvalue weighted by molar-refractivity contribution is 5.95. The van der Waals surface area contributed by atoms with Gasteiger partial charge in [-0.3, -0.25) is 9.69 Å². The van der Waals surface area contributed by atoms with Crippen LogP contribution in [0.4, 0.5) is 24.7 Å². The molecule has 1 aromatic heterocycles. The zero-order valence-electron chi connectivity index (χ0n) is 20.3. The fourth-order valence-corrected chi connectivity index (χ4v) is 4.55. The molecule has 4 rings (SSSR count). The van der Waals surface area contributed by atoms with Crippen LogP contribution >= 0.6 is 0 Å². The molecule has 0 aliphatic carbocycles. The van der Waals surface area contributed by atoms with E-state index in [1.807, 2.05) is 49.4 Å². The maximum atomic E-state index is 12.8. The number of hydrogen-bond donors (Lipinski definition) is 1. The standard InChI is InChI=1S/C28H31F3N4O/c1-2-25(22-7-4-3-5-8-22)27(36)33-24-13-14-26(32-19-24)35-16-6-15-34(17-18-35)20-21-9-11-23(12-10-21)28(29,30)31/h3-5,7-14,19,25H,2,6,15-18,20H2,1H3,(H,33,36)/t25-/m1/s1. The lowest BCUT2D eigenvalue weighted by atomic mass is 9.95. The molecule has 8 heteroatoms. The fourth-order valence-electron chi connectivity index (χ4n) is 4.55. The molecule has 2 heterocycles. The van der Waals surface area contributed by atoms with E-state index in [1.54, 1.807) is 18.3 Å². The van der Waals surface area contributed by atoms with Crippen molar-refractivity contribution in [2.75, 3.05) is 36.4 Å². The smallest absolute Gasteiger partial charge is 0.355 e. The highest BCUT2D eigenvalue weighted by Gasteiger charge is 2.30. The van der Waals surface area contributed by atoms with Gasteiger partial charge < -0.3 is 10.2 Å². The van der Waals surface area contributed by atoms with Gasteiger partial charge in [0.15, 0.2) is 0 Å². The summed E-state index contributed by atoms with van der Waals surface area (Å²) in [7, 11) is 0. The van der Waals surface area contributed by atoms with Crippen molar-refractivity contribution in [3.05, 3.63) is 89.6 Å². The number of anilines is 2. The molecule has 3 aromatic rings. The Kier molecular flexibility index (Phi) is 8.25.